The van der Waals surface area contributed by atoms with Gasteiger partial charge in [0.2, 0.25) is 0 Å². The van der Waals surface area contributed by atoms with E-state index >= 15 is 0 Å². The topological polar surface area (TPSA) is 46.2 Å². The lowest BCUT2D eigenvalue weighted by atomic mass is 10.1. The van der Waals surface area contributed by atoms with Crippen molar-refractivity contribution in [2.45, 2.75) is 31.7 Å². The fraction of sp³-hybridized carbons (Fsp3) is 0.294. The highest BCUT2D eigenvalue weighted by molar-refractivity contribution is 7.91. The van der Waals surface area contributed by atoms with E-state index < -0.39 is 9.84 Å². The highest BCUT2D eigenvalue weighted by Gasteiger charge is 2.10. The second-order valence-corrected chi connectivity index (χ2v) is 7.18. The van der Waals surface area contributed by atoms with Gasteiger partial charge in [-0.15, -0.1) is 0 Å². The molecule has 0 saturated carbocycles. The number of hydrogen-bond donors (Lipinski definition) is 1. The summed E-state index contributed by atoms with van der Waals surface area (Å²) >= 11 is 0. The van der Waals surface area contributed by atoms with E-state index in [0.717, 1.165) is 18.7 Å². The zero-order valence-corrected chi connectivity index (χ0v) is 13.3. The van der Waals surface area contributed by atoms with Gasteiger partial charge in [0.25, 0.3) is 0 Å². The Morgan fingerprint density at radius 1 is 0.905 bits per heavy atom. The molecular weight excluding hydrogens is 282 g/mol. The molecule has 0 heterocycles. The third-order valence-electron chi connectivity index (χ3n) is 3.58. The lowest BCUT2D eigenvalue weighted by Gasteiger charge is -2.11. The van der Waals surface area contributed by atoms with Gasteiger partial charge in [-0.3, -0.25) is 0 Å². The molecule has 0 bridgehead atoms. The first kappa shape index (κ1) is 15.6. The minimum atomic E-state index is -3.12. The highest BCUT2D eigenvalue weighted by Crippen LogP contribution is 2.17. The average Bonchev–Trinajstić information content (AvgIpc) is 2.53. The van der Waals surface area contributed by atoms with E-state index in [1.165, 1.54) is 11.1 Å². The molecule has 0 radical (unpaired) electrons. The summed E-state index contributed by atoms with van der Waals surface area (Å²) in [6, 6.07) is 15.3. The van der Waals surface area contributed by atoms with E-state index in [1.807, 2.05) is 24.3 Å². The zero-order valence-electron chi connectivity index (χ0n) is 12.5. The van der Waals surface area contributed by atoms with E-state index in [2.05, 4.69) is 24.4 Å². The fourth-order valence-electron chi connectivity index (χ4n) is 2.22. The van der Waals surface area contributed by atoms with Gasteiger partial charge < -0.3 is 5.32 Å². The Morgan fingerprint density at radius 2 is 1.52 bits per heavy atom. The molecule has 0 fully saturated rings. The van der Waals surface area contributed by atoms with Crippen LogP contribution >= 0.6 is 0 Å². The van der Waals surface area contributed by atoms with Crippen LogP contribution in [0, 0.1) is 0 Å². The molecule has 0 aliphatic carbocycles. The maximum atomic E-state index is 11.8. The van der Waals surface area contributed by atoms with Gasteiger partial charge >= 0.3 is 0 Å². The smallest absolute Gasteiger partial charge is 0.178 e. The third kappa shape index (κ3) is 3.85. The SMILES string of the molecule is CCc1ccccc1CNc1ccc(S(=O)(=O)CC)cc1. The van der Waals surface area contributed by atoms with Crippen molar-refractivity contribution >= 4 is 15.5 Å². The Labute approximate surface area is 126 Å². The van der Waals surface area contributed by atoms with Gasteiger partial charge in [-0.2, -0.15) is 0 Å². The van der Waals surface area contributed by atoms with Crippen molar-refractivity contribution in [1.82, 2.24) is 0 Å². The molecule has 0 saturated heterocycles. The number of benzene rings is 2. The monoisotopic (exact) mass is 303 g/mol. The average molecular weight is 303 g/mol. The Kier molecular flexibility index (Phi) is 5.02. The van der Waals surface area contributed by atoms with Gasteiger partial charge in [0.1, 0.15) is 0 Å². The molecule has 21 heavy (non-hydrogen) atoms. The van der Waals surface area contributed by atoms with Crippen LogP contribution in [0.3, 0.4) is 0 Å². The molecule has 3 nitrogen and oxygen atoms in total. The number of anilines is 1. The maximum Gasteiger partial charge on any atom is 0.178 e. The molecule has 0 unspecified atom stereocenters. The van der Waals surface area contributed by atoms with Crippen LogP contribution in [0.4, 0.5) is 5.69 Å². The van der Waals surface area contributed by atoms with Crippen molar-refractivity contribution in [3.63, 3.8) is 0 Å². The summed E-state index contributed by atoms with van der Waals surface area (Å²) in [6.07, 6.45) is 1.01. The van der Waals surface area contributed by atoms with E-state index in [0.29, 0.717) is 4.90 Å². The first-order valence-electron chi connectivity index (χ1n) is 7.20. The Hall–Kier alpha value is -1.81. The van der Waals surface area contributed by atoms with Gasteiger partial charge in [0, 0.05) is 12.2 Å². The maximum absolute atomic E-state index is 11.8. The Balaban J connectivity index is 2.08. The summed E-state index contributed by atoms with van der Waals surface area (Å²) < 4.78 is 23.5. The third-order valence-corrected chi connectivity index (χ3v) is 5.33. The van der Waals surface area contributed by atoms with Gasteiger partial charge in [-0.25, -0.2) is 8.42 Å². The molecule has 2 rings (SSSR count). The van der Waals surface area contributed by atoms with Crippen molar-refractivity contribution in [2.24, 2.45) is 0 Å². The molecule has 112 valence electrons. The van der Waals surface area contributed by atoms with Gasteiger partial charge in [0.05, 0.1) is 10.6 Å². The number of aryl methyl sites for hydroxylation is 1. The first-order chi connectivity index (χ1) is 10.1. The van der Waals surface area contributed by atoms with E-state index in [-0.39, 0.29) is 5.75 Å². The summed E-state index contributed by atoms with van der Waals surface area (Å²) in [5, 5.41) is 3.34. The van der Waals surface area contributed by atoms with E-state index in [9.17, 15) is 8.42 Å². The number of hydrogen-bond acceptors (Lipinski definition) is 3. The normalized spacial score (nSPS) is 11.3. The van der Waals surface area contributed by atoms with Crippen LogP contribution in [0.1, 0.15) is 25.0 Å². The summed E-state index contributed by atoms with van der Waals surface area (Å²) in [6.45, 7) is 4.54. The fourth-order valence-corrected chi connectivity index (χ4v) is 3.10. The first-order valence-corrected chi connectivity index (χ1v) is 8.85. The second-order valence-electron chi connectivity index (χ2n) is 4.90. The molecule has 1 N–H and O–H groups in total. The van der Waals surface area contributed by atoms with E-state index in [4.69, 9.17) is 0 Å². The van der Waals surface area contributed by atoms with Gasteiger partial charge in [-0.05, 0) is 41.8 Å². The lowest BCUT2D eigenvalue weighted by molar-refractivity contribution is 0.597. The molecule has 2 aromatic rings. The number of nitrogens with one attached hydrogen (secondary N) is 1. The zero-order chi connectivity index (χ0) is 15.3. The van der Waals surface area contributed by atoms with Crippen molar-refractivity contribution in [3.8, 4) is 0 Å². The van der Waals surface area contributed by atoms with Crippen LogP contribution in [0.2, 0.25) is 0 Å². The second kappa shape index (κ2) is 6.76. The minimum Gasteiger partial charge on any atom is -0.381 e. The minimum absolute atomic E-state index is 0.129. The molecule has 0 aliphatic rings. The molecule has 0 aliphatic heterocycles. The van der Waals surface area contributed by atoms with Crippen LogP contribution in [0.25, 0.3) is 0 Å². The molecule has 0 amide bonds. The van der Waals surface area contributed by atoms with E-state index in [1.54, 1.807) is 19.1 Å². The predicted molar refractivity (Wildman–Crippen MR) is 87.3 cm³/mol. The lowest BCUT2D eigenvalue weighted by Crippen LogP contribution is -2.05. The summed E-state index contributed by atoms with van der Waals surface area (Å²) in [5.41, 5.74) is 3.52. The largest absolute Gasteiger partial charge is 0.381 e. The van der Waals surface area contributed by atoms with Crippen LogP contribution in [0.5, 0.6) is 0 Å². The Bertz CT molecular complexity index is 691. The predicted octanol–water partition coefficient (Wildman–Crippen LogP) is 3.65. The quantitative estimate of drug-likeness (QED) is 0.886. The van der Waals surface area contributed by atoms with Crippen molar-refractivity contribution in [1.29, 1.82) is 0 Å². The molecule has 0 atom stereocenters. The van der Waals surface area contributed by atoms with Crippen molar-refractivity contribution < 1.29 is 8.42 Å². The van der Waals surface area contributed by atoms with Gasteiger partial charge in [-0.1, -0.05) is 38.1 Å². The molecule has 0 spiro atoms. The molecule has 4 heteroatoms. The Morgan fingerprint density at radius 3 is 2.10 bits per heavy atom. The summed E-state index contributed by atoms with van der Waals surface area (Å²) in [5.74, 6) is 0.129. The molecule has 2 aromatic carbocycles. The molecular formula is C17H21NO2S. The summed E-state index contributed by atoms with van der Waals surface area (Å²) in [7, 11) is -3.12. The number of sulfone groups is 1. The van der Waals surface area contributed by atoms with Gasteiger partial charge in [0.15, 0.2) is 9.84 Å². The van der Waals surface area contributed by atoms with Crippen LogP contribution in [0.15, 0.2) is 53.4 Å². The summed E-state index contributed by atoms with van der Waals surface area (Å²) in [4.78, 5) is 0.379. The van der Waals surface area contributed by atoms with Crippen molar-refractivity contribution in [2.75, 3.05) is 11.1 Å². The highest BCUT2D eigenvalue weighted by atomic mass is 32.2. The standard InChI is InChI=1S/C17H21NO2S/c1-3-14-7-5-6-8-15(14)13-18-16-9-11-17(12-10-16)21(19,20)4-2/h5-12,18H,3-4,13H2,1-2H3. The van der Waals surface area contributed by atoms with Crippen LogP contribution < -0.4 is 5.32 Å². The van der Waals surface area contributed by atoms with Crippen LogP contribution in [-0.4, -0.2) is 14.2 Å². The van der Waals surface area contributed by atoms with Crippen LogP contribution in [-0.2, 0) is 22.8 Å². The molecule has 0 aromatic heterocycles. The number of rotatable bonds is 6. The van der Waals surface area contributed by atoms with Crippen molar-refractivity contribution in [3.05, 3.63) is 59.7 Å².